The van der Waals surface area contributed by atoms with Crippen LogP contribution in [0.2, 0.25) is 0 Å². The van der Waals surface area contributed by atoms with E-state index in [1.54, 1.807) is 0 Å². The summed E-state index contributed by atoms with van der Waals surface area (Å²) in [5.41, 5.74) is 0. The molecule has 0 spiro atoms. The quantitative estimate of drug-likeness (QED) is 0.804. The smallest absolute Gasteiger partial charge is 0.229 e. The highest BCUT2D eigenvalue weighted by atomic mass is 79.9. The predicted octanol–water partition coefficient (Wildman–Crippen LogP) is 3.57. The number of hydrogen-bond acceptors (Lipinski definition) is 4. The molecule has 0 unspecified atom stereocenters. The highest BCUT2D eigenvalue weighted by molar-refractivity contribution is 9.10. The summed E-state index contributed by atoms with van der Waals surface area (Å²) in [5, 5.41) is 3.73. The van der Waals surface area contributed by atoms with Crippen molar-refractivity contribution in [3.63, 3.8) is 0 Å². The first-order chi connectivity index (χ1) is 9.13. The van der Waals surface area contributed by atoms with Crippen LogP contribution >= 0.6 is 15.9 Å². The standard InChI is InChI=1S/C12H9BrF2N2O2/c13-7-3-8(14)11(15)9(4-7)18-5-10-16-12(19-17-10)6-1-2-6/h3-4,6H,1-2,5H2. The van der Waals surface area contributed by atoms with Gasteiger partial charge in [0.2, 0.25) is 17.5 Å². The van der Waals surface area contributed by atoms with Gasteiger partial charge in [-0.05, 0) is 25.0 Å². The van der Waals surface area contributed by atoms with Crippen molar-refractivity contribution in [1.82, 2.24) is 10.1 Å². The summed E-state index contributed by atoms with van der Waals surface area (Å²) in [6.45, 7) is -0.0664. The highest BCUT2D eigenvalue weighted by Gasteiger charge is 2.29. The van der Waals surface area contributed by atoms with Crippen LogP contribution in [0.5, 0.6) is 5.75 Å². The molecule has 0 aliphatic heterocycles. The Labute approximate surface area is 115 Å². The van der Waals surface area contributed by atoms with Gasteiger partial charge in [-0.3, -0.25) is 0 Å². The lowest BCUT2D eigenvalue weighted by molar-refractivity contribution is 0.268. The molecule has 4 nitrogen and oxygen atoms in total. The van der Waals surface area contributed by atoms with E-state index in [1.807, 2.05) is 0 Å². The van der Waals surface area contributed by atoms with Crippen molar-refractivity contribution in [2.24, 2.45) is 0 Å². The van der Waals surface area contributed by atoms with E-state index >= 15 is 0 Å². The minimum absolute atomic E-state index is 0.0664. The summed E-state index contributed by atoms with van der Waals surface area (Å²) in [6, 6.07) is 2.38. The Bertz CT molecular complexity index is 614. The molecule has 1 aliphatic carbocycles. The van der Waals surface area contributed by atoms with Gasteiger partial charge in [-0.1, -0.05) is 21.1 Å². The van der Waals surface area contributed by atoms with E-state index in [9.17, 15) is 8.78 Å². The summed E-state index contributed by atoms with van der Waals surface area (Å²) in [7, 11) is 0. The summed E-state index contributed by atoms with van der Waals surface area (Å²) < 4.78 is 37.2. The lowest BCUT2D eigenvalue weighted by Gasteiger charge is -2.05. The second kappa shape index (κ2) is 4.88. The minimum atomic E-state index is -1.03. The molecule has 0 amide bonds. The first-order valence-corrected chi connectivity index (χ1v) is 6.52. The fourth-order valence-electron chi connectivity index (χ4n) is 1.60. The lowest BCUT2D eigenvalue weighted by atomic mass is 10.3. The monoisotopic (exact) mass is 330 g/mol. The van der Waals surface area contributed by atoms with Crippen molar-refractivity contribution >= 4 is 15.9 Å². The van der Waals surface area contributed by atoms with E-state index < -0.39 is 11.6 Å². The highest BCUT2D eigenvalue weighted by Crippen LogP contribution is 2.38. The maximum Gasteiger partial charge on any atom is 0.229 e. The molecule has 1 fully saturated rings. The third-order valence-electron chi connectivity index (χ3n) is 2.73. The fraction of sp³-hybridized carbons (Fsp3) is 0.333. The molecule has 19 heavy (non-hydrogen) atoms. The average molecular weight is 331 g/mol. The van der Waals surface area contributed by atoms with E-state index in [2.05, 4.69) is 26.1 Å². The van der Waals surface area contributed by atoms with Crippen molar-refractivity contribution < 1.29 is 18.0 Å². The molecule has 0 saturated heterocycles. The Balaban J connectivity index is 1.71. The van der Waals surface area contributed by atoms with E-state index in [0.717, 1.165) is 18.9 Å². The maximum atomic E-state index is 13.4. The molecule has 100 valence electrons. The van der Waals surface area contributed by atoms with Gasteiger partial charge in [0.1, 0.15) is 0 Å². The van der Waals surface area contributed by atoms with E-state index in [1.165, 1.54) is 6.07 Å². The number of benzene rings is 1. The van der Waals surface area contributed by atoms with Gasteiger partial charge in [0.05, 0.1) is 0 Å². The molecule has 1 saturated carbocycles. The zero-order valence-electron chi connectivity index (χ0n) is 9.70. The van der Waals surface area contributed by atoms with E-state index in [-0.39, 0.29) is 12.4 Å². The number of rotatable bonds is 4. The second-order valence-corrected chi connectivity index (χ2v) is 5.23. The van der Waals surface area contributed by atoms with Crippen LogP contribution < -0.4 is 4.74 Å². The predicted molar refractivity (Wildman–Crippen MR) is 64.7 cm³/mol. The number of halogens is 3. The Morgan fingerprint density at radius 1 is 1.37 bits per heavy atom. The third-order valence-corrected chi connectivity index (χ3v) is 3.18. The Hall–Kier alpha value is -1.50. The van der Waals surface area contributed by atoms with E-state index in [4.69, 9.17) is 9.26 Å². The normalized spacial score (nSPS) is 14.7. The van der Waals surface area contributed by atoms with Crippen LogP contribution in [0, 0.1) is 11.6 Å². The van der Waals surface area contributed by atoms with Gasteiger partial charge in [0.15, 0.2) is 18.2 Å². The largest absolute Gasteiger partial charge is 0.482 e. The first-order valence-electron chi connectivity index (χ1n) is 5.73. The minimum Gasteiger partial charge on any atom is -0.482 e. The second-order valence-electron chi connectivity index (χ2n) is 4.31. The summed E-state index contributed by atoms with van der Waals surface area (Å²) in [5.74, 6) is -0.947. The molecule has 1 aromatic heterocycles. The Kier molecular flexibility index (Phi) is 3.22. The van der Waals surface area contributed by atoms with E-state index in [0.29, 0.717) is 22.1 Å². The van der Waals surface area contributed by atoms with Crippen molar-refractivity contribution in [2.75, 3.05) is 0 Å². The van der Waals surface area contributed by atoms with Crippen LogP contribution in [0.25, 0.3) is 0 Å². The molecule has 2 aromatic rings. The van der Waals surface area contributed by atoms with Crippen LogP contribution in [-0.2, 0) is 6.61 Å². The van der Waals surface area contributed by atoms with Crippen molar-refractivity contribution in [1.29, 1.82) is 0 Å². The SMILES string of the molecule is Fc1cc(Br)cc(OCc2noc(C3CC3)n2)c1F. The molecule has 0 radical (unpaired) electrons. The lowest BCUT2D eigenvalue weighted by Crippen LogP contribution is -2.01. The number of hydrogen-bond donors (Lipinski definition) is 0. The number of nitrogens with zero attached hydrogens (tertiary/aromatic N) is 2. The van der Waals surface area contributed by atoms with Crippen LogP contribution in [0.15, 0.2) is 21.1 Å². The third kappa shape index (κ3) is 2.75. The van der Waals surface area contributed by atoms with Crippen LogP contribution in [-0.4, -0.2) is 10.1 Å². The van der Waals surface area contributed by atoms with Crippen LogP contribution in [0.3, 0.4) is 0 Å². The number of ether oxygens (including phenoxy) is 1. The molecule has 7 heteroatoms. The summed E-state index contributed by atoms with van der Waals surface area (Å²) >= 11 is 3.07. The fourth-order valence-corrected chi connectivity index (χ4v) is 2.01. The maximum absolute atomic E-state index is 13.4. The molecule has 0 atom stereocenters. The van der Waals surface area contributed by atoms with Gasteiger partial charge < -0.3 is 9.26 Å². The molecule has 3 rings (SSSR count). The summed E-state index contributed by atoms with van der Waals surface area (Å²) in [6.07, 6.45) is 2.10. The molecule has 0 bridgehead atoms. The van der Waals surface area contributed by atoms with Gasteiger partial charge in [-0.2, -0.15) is 9.37 Å². The molecule has 1 aliphatic rings. The first kappa shape index (κ1) is 12.5. The molecule has 0 N–H and O–H groups in total. The van der Waals surface area contributed by atoms with Gasteiger partial charge in [-0.25, -0.2) is 4.39 Å². The molecule has 1 heterocycles. The Morgan fingerprint density at radius 2 is 2.16 bits per heavy atom. The van der Waals surface area contributed by atoms with Crippen molar-refractivity contribution in [2.45, 2.75) is 25.4 Å². The van der Waals surface area contributed by atoms with Crippen LogP contribution in [0.4, 0.5) is 8.78 Å². The molecular formula is C12H9BrF2N2O2. The van der Waals surface area contributed by atoms with Gasteiger partial charge in [-0.15, -0.1) is 0 Å². The average Bonchev–Trinajstić information content (AvgIpc) is 3.12. The van der Waals surface area contributed by atoms with Crippen molar-refractivity contribution in [3.8, 4) is 5.75 Å². The molecule has 1 aromatic carbocycles. The zero-order valence-corrected chi connectivity index (χ0v) is 11.3. The Morgan fingerprint density at radius 3 is 2.89 bits per heavy atom. The topological polar surface area (TPSA) is 48.2 Å². The van der Waals surface area contributed by atoms with Gasteiger partial charge in [0, 0.05) is 10.4 Å². The number of aromatic nitrogens is 2. The van der Waals surface area contributed by atoms with Gasteiger partial charge >= 0.3 is 0 Å². The molecular weight excluding hydrogens is 322 g/mol. The van der Waals surface area contributed by atoms with Crippen molar-refractivity contribution in [3.05, 3.63) is 40.0 Å². The van der Waals surface area contributed by atoms with Crippen LogP contribution in [0.1, 0.15) is 30.5 Å². The summed E-state index contributed by atoms with van der Waals surface area (Å²) in [4.78, 5) is 4.13. The van der Waals surface area contributed by atoms with Gasteiger partial charge in [0.25, 0.3) is 0 Å². The zero-order chi connectivity index (χ0) is 13.4.